The molecule has 6 heteroatoms. The van der Waals surface area contributed by atoms with Gasteiger partial charge in [-0.25, -0.2) is 10.6 Å². The van der Waals surface area contributed by atoms with Gasteiger partial charge >= 0.3 is 0 Å². The number of hydrogen-bond acceptors (Lipinski definition) is 4. The van der Waals surface area contributed by atoms with E-state index in [4.69, 9.17) is 5.21 Å². The van der Waals surface area contributed by atoms with E-state index in [1.807, 2.05) is 61.5 Å². The molecule has 0 aliphatic rings. The van der Waals surface area contributed by atoms with Gasteiger partial charge in [0, 0.05) is 28.8 Å². The maximum atomic E-state index is 12.4. The summed E-state index contributed by atoms with van der Waals surface area (Å²) in [5.41, 5.74) is 6.29. The van der Waals surface area contributed by atoms with Gasteiger partial charge in [0.25, 0.3) is 5.91 Å². The predicted molar refractivity (Wildman–Crippen MR) is 103 cm³/mol. The van der Waals surface area contributed by atoms with E-state index in [1.165, 1.54) is 18.2 Å². The Balaban J connectivity index is 1.91. The summed E-state index contributed by atoms with van der Waals surface area (Å²) in [5.74, 6) is -0.473. The number of hydrazone groups is 1. The lowest BCUT2D eigenvalue weighted by Crippen LogP contribution is -2.99. The molecular formula is C21H19N3O3. The quantitative estimate of drug-likeness (QED) is 0.482. The van der Waals surface area contributed by atoms with Crippen molar-refractivity contribution in [2.24, 2.45) is 5.10 Å². The molecule has 1 amide bonds. The molecule has 3 N–H and O–H groups in total. The summed E-state index contributed by atoms with van der Waals surface area (Å²) < 4.78 is 0. The number of nitrogens with one attached hydrogen (secondary N) is 2. The van der Waals surface area contributed by atoms with Crippen molar-refractivity contribution in [2.45, 2.75) is 6.92 Å². The first kappa shape index (κ1) is 18.5. The molecule has 0 radical (unpaired) electrons. The van der Waals surface area contributed by atoms with Crippen LogP contribution in [0.1, 0.15) is 27.0 Å². The van der Waals surface area contributed by atoms with Crippen molar-refractivity contribution in [3.63, 3.8) is 0 Å². The van der Waals surface area contributed by atoms with Gasteiger partial charge in [0.2, 0.25) is 0 Å². The van der Waals surface area contributed by atoms with Crippen LogP contribution in [0.4, 0.5) is 5.69 Å². The minimum atomic E-state index is -1.09. The van der Waals surface area contributed by atoms with Crippen molar-refractivity contribution in [2.75, 3.05) is 0 Å². The lowest BCUT2D eigenvalue weighted by atomic mass is 10.0. The zero-order valence-corrected chi connectivity index (χ0v) is 14.7. The average molecular weight is 361 g/mol. The number of rotatable bonds is 5. The largest absolute Gasteiger partial charge is 0.595 e. The van der Waals surface area contributed by atoms with Crippen molar-refractivity contribution in [3.8, 4) is 0 Å². The van der Waals surface area contributed by atoms with Gasteiger partial charge in [0.1, 0.15) is 0 Å². The van der Waals surface area contributed by atoms with Crippen LogP contribution in [-0.4, -0.2) is 16.8 Å². The maximum Gasteiger partial charge on any atom is 0.271 e. The van der Waals surface area contributed by atoms with Gasteiger partial charge in [0.15, 0.2) is 5.69 Å². The first-order valence-electron chi connectivity index (χ1n) is 8.38. The summed E-state index contributed by atoms with van der Waals surface area (Å²) in [6.07, 6.45) is 0. The average Bonchev–Trinajstić information content (AvgIpc) is 2.70. The smallest absolute Gasteiger partial charge is 0.271 e. The van der Waals surface area contributed by atoms with E-state index < -0.39 is 11.1 Å². The molecule has 0 fully saturated rings. The van der Waals surface area contributed by atoms with Crippen LogP contribution >= 0.6 is 0 Å². The van der Waals surface area contributed by atoms with Crippen molar-refractivity contribution >= 4 is 17.3 Å². The molecule has 6 nitrogen and oxygen atoms in total. The molecule has 0 saturated heterocycles. The fraction of sp³-hybridized carbons (Fsp3) is 0.0476. The molecule has 0 bridgehead atoms. The van der Waals surface area contributed by atoms with Crippen molar-refractivity contribution in [3.05, 3.63) is 106 Å². The molecule has 0 saturated carbocycles. The van der Waals surface area contributed by atoms with Crippen LogP contribution in [0.5, 0.6) is 0 Å². The van der Waals surface area contributed by atoms with E-state index in [1.54, 1.807) is 6.07 Å². The van der Waals surface area contributed by atoms with E-state index in [2.05, 4.69) is 10.5 Å². The van der Waals surface area contributed by atoms with Gasteiger partial charge < -0.3 is 5.21 Å². The van der Waals surface area contributed by atoms with Crippen molar-refractivity contribution < 1.29 is 15.2 Å². The van der Waals surface area contributed by atoms with E-state index in [0.29, 0.717) is 5.71 Å². The Morgan fingerprint density at radius 1 is 0.926 bits per heavy atom. The Morgan fingerprint density at radius 3 is 2.22 bits per heavy atom. The molecule has 0 aliphatic carbocycles. The maximum absolute atomic E-state index is 12.4. The summed E-state index contributed by atoms with van der Waals surface area (Å²) in [7, 11) is 0. The Morgan fingerprint density at radius 2 is 1.56 bits per heavy atom. The lowest BCUT2D eigenvalue weighted by molar-refractivity contribution is -0.991. The molecule has 27 heavy (non-hydrogen) atoms. The van der Waals surface area contributed by atoms with Gasteiger partial charge in [-0.05, 0) is 13.0 Å². The third kappa shape index (κ3) is 4.65. The summed E-state index contributed by atoms with van der Waals surface area (Å²) in [5, 5.41) is 23.4. The van der Waals surface area contributed by atoms with Crippen LogP contribution < -0.4 is 10.7 Å². The predicted octanol–water partition coefficient (Wildman–Crippen LogP) is 2.58. The fourth-order valence-corrected chi connectivity index (χ4v) is 2.57. The van der Waals surface area contributed by atoms with Gasteiger partial charge in [-0.2, -0.15) is 10.3 Å². The highest BCUT2D eigenvalue weighted by molar-refractivity contribution is 6.13. The molecule has 0 aliphatic heterocycles. The Kier molecular flexibility index (Phi) is 5.73. The van der Waals surface area contributed by atoms with E-state index in [0.717, 1.165) is 16.7 Å². The Bertz CT molecular complexity index is 952. The number of aryl methyl sites for hydroxylation is 1. The van der Waals surface area contributed by atoms with Crippen LogP contribution in [0.15, 0.2) is 84.0 Å². The Labute approximate surface area is 156 Å². The standard InChI is InChI=1S/C21H19N3O3/c1-15-10-12-17(13-11-15)20(16-6-3-2-4-7-16)22-23-21(25)18-8-5-9-19(14-18)24(26)27/h2-14,24,26H,1H3,(H,23,25). The van der Waals surface area contributed by atoms with Crippen LogP contribution in [0.25, 0.3) is 0 Å². The van der Waals surface area contributed by atoms with Crippen LogP contribution in [0.3, 0.4) is 0 Å². The third-order valence-corrected chi connectivity index (χ3v) is 4.01. The topological polar surface area (TPSA) is 89.2 Å². The summed E-state index contributed by atoms with van der Waals surface area (Å²) in [6.45, 7) is 2.00. The second-order valence-electron chi connectivity index (χ2n) is 6.02. The van der Waals surface area contributed by atoms with E-state index in [9.17, 15) is 10.0 Å². The van der Waals surface area contributed by atoms with Gasteiger partial charge in [-0.3, -0.25) is 4.79 Å². The fourth-order valence-electron chi connectivity index (χ4n) is 2.57. The summed E-state index contributed by atoms with van der Waals surface area (Å²) in [6, 6.07) is 23.2. The minimum absolute atomic E-state index is 0.0495. The zero-order chi connectivity index (χ0) is 19.2. The highest BCUT2D eigenvalue weighted by Gasteiger charge is 2.11. The molecule has 3 rings (SSSR count). The highest BCUT2D eigenvalue weighted by Crippen LogP contribution is 2.12. The first-order valence-corrected chi connectivity index (χ1v) is 8.38. The molecule has 1 unspecified atom stereocenters. The van der Waals surface area contributed by atoms with Crippen LogP contribution in [0.2, 0.25) is 0 Å². The second kappa shape index (κ2) is 8.37. The van der Waals surface area contributed by atoms with Gasteiger partial charge in [-0.15, -0.1) is 0 Å². The zero-order valence-electron chi connectivity index (χ0n) is 14.7. The van der Waals surface area contributed by atoms with Crippen molar-refractivity contribution in [1.82, 2.24) is 5.43 Å². The molecule has 0 aromatic heterocycles. The molecule has 1 atom stereocenters. The van der Waals surface area contributed by atoms with E-state index in [-0.39, 0.29) is 11.3 Å². The lowest BCUT2D eigenvalue weighted by Gasteiger charge is -2.12. The molecule has 3 aromatic rings. The molecule has 0 heterocycles. The number of quaternary nitrogens is 1. The third-order valence-electron chi connectivity index (χ3n) is 4.01. The number of nitrogens with zero attached hydrogens (tertiary/aromatic N) is 1. The number of carbonyl (C=O) groups is 1. The number of amides is 1. The first-order chi connectivity index (χ1) is 13.0. The summed E-state index contributed by atoms with van der Waals surface area (Å²) in [4.78, 5) is 12.4. The molecule has 0 spiro atoms. The normalized spacial score (nSPS) is 12.5. The number of carbonyl (C=O) groups excluding carboxylic acids is 1. The van der Waals surface area contributed by atoms with Crippen molar-refractivity contribution in [1.29, 1.82) is 0 Å². The molecule has 3 aromatic carbocycles. The van der Waals surface area contributed by atoms with Crippen LogP contribution in [0, 0.1) is 12.1 Å². The van der Waals surface area contributed by atoms with Crippen LogP contribution in [-0.2, 0) is 0 Å². The number of benzene rings is 3. The monoisotopic (exact) mass is 361 g/mol. The van der Waals surface area contributed by atoms with E-state index >= 15 is 0 Å². The number of hydrogen-bond donors (Lipinski definition) is 3. The SMILES string of the molecule is Cc1ccc(C(=NNC(=O)c2cccc([NH+]([O-])O)c2)c2ccccc2)cc1. The molecule has 136 valence electrons. The summed E-state index contributed by atoms with van der Waals surface area (Å²) >= 11 is 0. The highest BCUT2D eigenvalue weighted by atomic mass is 16.8. The minimum Gasteiger partial charge on any atom is -0.595 e. The van der Waals surface area contributed by atoms with Gasteiger partial charge in [0.05, 0.1) is 5.71 Å². The Hall–Kier alpha value is -3.32. The molecular weight excluding hydrogens is 342 g/mol. The van der Waals surface area contributed by atoms with Gasteiger partial charge in [-0.1, -0.05) is 66.2 Å². The second-order valence-corrected chi connectivity index (χ2v) is 6.02.